The summed E-state index contributed by atoms with van der Waals surface area (Å²) in [6, 6.07) is 0. The van der Waals surface area contributed by atoms with Crippen molar-refractivity contribution in [3.63, 3.8) is 0 Å². The van der Waals surface area contributed by atoms with E-state index < -0.39 is 0 Å². The van der Waals surface area contributed by atoms with Crippen molar-refractivity contribution < 1.29 is 18.9 Å². The fourth-order valence-corrected chi connectivity index (χ4v) is 1.78. The number of alkyl halides is 1. The maximum Gasteiger partial charge on any atom is 0.210 e. The second-order valence-corrected chi connectivity index (χ2v) is 4.60. The van der Waals surface area contributed by atoms with Crippen LogP contribution in [0.3, 0.4) is 0 Å². The van der Waals surface area contributed by atoms with E-state index in [0.29, 0.717) is 26.4 Å². The van der Waals surface area contributed by atoms with Gasteiger partial charge in [0, 0.05) is 0 Å². The second kappa shape index (κ2) is 3.98. The molecule has 5 heteroatoms. The van der Waals surface area contributed by atoms with Gasteiger partial charge in [-0.05, 0) is 29.5 Å². The highest BCUT2D eigenvalue weighted by atomic mass is 127. The normalized spacial score (nSPS) is 46.6. The zero-order valence-electron chi connectivity index (χ0n) is 7.49. The monoisotopic (exact) mass is 300 g/mol. The quantitative estimate of drug-likeness (QED) is 0.496. The van der Waals surface area contributed by atoms with E-state index >= 15 is 0 Å². The lowest BCUT2D eigenvalue weighted by atomic mass is 9.91. The Balaban J connectivity index is 1.90. The lowest BCUT2D eigenvalue weighted by Crippen LogP contribution is -2.50. The van der Waals surface area contributed by atoms with E-state index in [2.05, 4.69) is 22.6 Å². The molecule has 2 saturated heterocycles. The van der Waals surface area contributed by atoms with Crippen LogP contribution in [0.5, 0.6) is 0 Å². The van der Waals surface area contributed by atoms with E-state index in [1.54, 1.807) is 0 Å². The van der Waals surface area contributed by atoms with Crippen LogP contribution in [0.25, 0.3) is 0 Å². The van der Waals surface area contributed by atoms with Crippen LogP contribution in [-0.2, 0) is 18.9 Å². The van der Waals surface area contributed by atoms with Crippen LogP contribution < -0.4 is 0 Å². The molecule has 0 N–H and O–H groups in total. The summed E-state index contributed by atoms with van der Waals surface area (Å²) in [7, 11) is 0. The minimum Gasteiger partial charge on any atom is -0.352 e. The summed E-state index contributed by atoms with van der Waals surface area (Å²) < 4.78 is 21.5. The predicted molar refractivity (Wildman–Crippen MR) is 53.5 cm³/mol. The van der Waals surface area contributed by atoms with Gasteiger partial charge in [0.1, 0.15) is 0 Å². The molecule has 0 amide bonds. The minimum atomic E-state index is -0.123. The highest BCUT2D eigenvalue weighted by Gasteiger charge is 2.40. The third-order valence-corrected chi connectivity index (χ3v) is 3.01. The van der Waals surface area contributed by atoms with Crippen molar-refractivity contribution in [1.29, 1.82) is 0 Å². The van der Waals surface area contributed by atoms with E-state index in [1.807, 2.05) is 6.92 Å². The molecule has 0 radical (unpaired) electrons. The molecule has 0 aromatic heterocycles. The third-order valence-electron chi connectivity index (χ3n) is 2.29. The Morgan fingerprint density at radius 2 is 1.46 bits per heavy atom. The standard InChI is InChI=1S/C8H13IO4/c1-6-10-2-8(3-11-6)4-12-7(9)13-5-8/h6-7H,2-5H2,1H3. The molecule has 4 nitrogen and oxygen atoms in total. The van der Waals surface area contributed by atoms with Gasteiger partial charge in [-0.1, -0.05) is 0 Å². The predicted octanol–water partition coefficient (Wildman–Crippen LogP) is 1.13. The molecule has 13 heavy (non-hydrogen) atoms. The molecule has 2 heterocycles. The molecule has 0 atom stereocenters. The van der Waals surface area contributed by atoms with Crippen LogP contribution in [0, 0.1) is 5.41 Å². The van der Waals surface area contributed by atoms with Crippen molar-refractivity contribution in [3.8, 4) is 0 Å². The number of hydrogen-bond acceptors (Lipinski definition) is 4. The van der Waals surface area contributed by atoms with Crippen molar-refractivity contribution >= 4 is 22.6 Å². The molecular formula is C8H13IO4. The van der Waals surface area contributed by atoms with Crippen molar-refractivity contribution in [2.75, 3.05) is 26.4 Å². The summed E-state index contributed by atoms with van der Waals surface area (Å²) in [6.45, 7) is 4.55. The van der Waals surface area contributed by atoms with Gasteiger partial charge in [0.25, 0.3) is 0 Å². The van der Waals surface area contributed by atoms with Gasteiger partial charge in [0.05, 0.1) is 31.8 Å². The lowest BCUT2D eigenvalue weighted by molar-refractivity contribution is -0.278. The van der Waals surface area contributed by atoms with Crippen LogP contribution in [-0.4, -0.2) is 37.0 Å². The van der Waals surface area contributed by atoms with E-state index in [9.17, 15) is 0 Å². The first-order chi connectivity index (χ1) is 6.20. The lowest BCUT2D eigenvalue weighted by Gasteiger charge is -2.42. The van der Waals surface area contributed by atoms with Gasteiger partial charge in [-0.2, -0.15) is 0 Å². The third kappa shape index (κ3) is 2.33. The molecule has 0 aromatic carbocycles. The Morgan fingerprint density at radius 1 is 1.00 bits per heavy atom. The van der Waals surface area contributed by atoms with E-state index in [1.165, 1.54) is 0 Å². The largest absolute Gasteiger partial charge is 0.352 e. The van der Waals surface area contributed by atoms with Gasteiger partial charge in [0.15, 0.2) is 6.29 Å². The van der Waals surface area contributed by atoms with Crippen LogP contribution >= 0.6 is 22.6 Å². The zero-order chi connectivity index (χ0) is 9.31. The first-order valence-corrected chi connectivity index (χ1v) is 5.55. The Kier molecular flexibility index (Phi) is 3.09. The number of ether oxygens (including phenoxy) is 4. The van der Waals surface area contributed by atoms with Gasteiger partial charge in [-0.15, -0.1) is 0 Å². The highest BCUT2D eigenvalue weighted by molar-refractivity contribution is 14.1. The maximum atomic E-state index is 5.42. The molecule has 2 aliphatic rings. The smallest absolute Gasteiger partial charge is 0.210 e. The first-order valence-electron chi connectivity index (χ1n) is 4.31. The Hall–Kier alpha value is 0.570. The maximum absolute atomic E-state index is 5.42. The van der Waals surface area contributed by atoms with E-state index in [-0.39, 0.29) is 16.0 Å². The summed E-state index contributed by atoms with van der Waals surface area (Å²) in [5, 5.41) is 0. The molecule has 0 unspecified atom stereocenters. The number of rotatable bonds is 0. The number of hydrogen-bond donors (Lipinski definition) is 0. The van der Waals surface area contributed by atoms with Crippen molar-refractivity contribution in [1.82, 2.24) is 0 Å². The summed E-state index contributed by atoms with van der Waals surface area (Å²) in [6.07, 6.45) is -0.0945. The summed E-state index contributed by atoms with van der Waals surface area (Å²) in [5.74, 6) is 0. The van der Waals surface area contributed by atoms with Gasteiger partial charge in [0.2, 0.25) is 4.30 Å². The summed E-state index contributed by atoms with van der Waals surface area (Å²) >= 11 is 2.11. The van der Waals surface area contributed by atoms with Gasteiger partial charge < -0.3 is 18.9 Å². The molecule has 0 aromatic rings. The van der Waals surface area contributed by atoms with Crippen LogP contribution in [0.15, 0.2) is 0 Å². The van der Waals surface area contributed by atoms with Crippen molar-refractivity contribution in [2.45, 2.75) is 17.5 Å². The Labute approximate surface area is 91.0 Å². The van der Waals surface area contributed by atoms with Gasteiger partial charge in [-0.3, -0.25) is 0 Å². The molecule has 0 aliphatic carbocycles. The van der Waals surface area contributed by atoms with Crippen LogP contribution in [0.1, 0.15) is 6.92 Å². The van der Waals surface area contributed by atoms with Crippen molar-refractivity contribution in [2.24, 2.45) is 5.41 Å². The molecule has 0 saturated carbocycles. The van der Waals surface area contributed by atoms with E-state index in [0.717, 1.165) is 0 Å². The number of halogens is 1. The average Bonchev–Trinajstić information content (AvgIpc) is 2.16. The van der Waals surface area contributed by atoms with Gasteiger partial charge in [-0.25, -0.2) is 0 Å². The summed E-state index contributed by atoms with van der Waals surface area (Å²) in [4.78, 5) is 0. The molecule has 76 valence electrons. The molecule has 1 spiro atoms. The van der Waals surface area contributed by atoms with Gasteiger partial charge >= 0.3 is 0 Å². The highest BCUT2D eigenvalue weighted by Crippen LogP contribution is 2.31. The summed E-state index contributed by atoms with van der Waals surface area (Å²) in [5.41, 5.74) is -0.0752. The molecule has 2 fully saturated rings. The van der Waals surface area contributed by atoms with Crippen molar-refractivity contribution in [3.05, 3.63) is 0 Å². The molecule has 2 rings (SSSR count). The Bertz CT molecular complexity index is 147. The molecule has 0 bridgehead atoms. The SMILES string of the molecule is CC1OCC2(CO1)COC(I)OC2. The van der Waals surface area contributed by atoms with E-state index in [4.69, 9.17) is 18.9 Å². The first kappa shape index (κ1) is 10.1. The topological polar surface area (TPSA) is 36.9 Å². The fraction of sp³-hybridized carbons (Fsp3) is 1.00. The zero-order valence-corrected chi connectivity index (χ0v) is 9.65. The molecule has 2 aliphatic heterocycles. The fourth-order valence-electron chi connectivity index (χ4n) is 1.42. The van der Waals surface area contributed by atoms with Crippen LogP contribution in [0.4, 0.5) is 0 Å². The Morgan fingerprint density at radius 3 is 2.00 bits per heavy atom. The average molecular weight is 300 g/mol. The molecular weight excluding hydrogens is 287 g/mol. The second-order valence-electron chi connectivity index (χ2n) is 3.59. The minimum absolute atomic E-state index is 0.0752. The van der Waals surface area contributed by atoms with Crippen LogP contribution in [0.2, 0.25) is 0 Å².